The summed E-state index contributed by atoms with van der Waals surface area (Å²) < 4.78 is 3.06. The highest BCUT2D eigenvalue weighted by Gasteiger charge is 2.16. The number of nitrogens with one attached hydrogen (secondary N) is 1. The number of rotatable bonds is 6. The van der Waals surface area contributed by atoms with Crippen LogP contribution in [-0.4, -0.2) is 17.0 Å². The van der Waals surface area contributed by atoms with Crippen LogP contribution in [0.25, 0.3) is 17.3 Å². The fourth-order valence-corrected chi connectivity index (χ4v) is 4.98. The van der Waals surface area contributed by atoms with E-state index in [2.05, 4.69) is 21.2 Å². The molecule has 0 atom stereocenters. The zero-order valence-corrected chi connectivity index (χ0v) is 20.5. The largest absolute Gasteiger partial charge is 0.351 e. The molecule has 0 aliphatic rings. The zero-order chi connectivity index (χ0) is 23.9. The van der Waals surface area contributed by atoms with Gasteiger partial charge in [-0.2, -0.15) is 5.26 Å². The molecular formula is C27H20BrN3O2S. The van der Waals surface area contributed by atoms with Gasteiger partial charge in [0.2, 0.25) is 0 Å². The molecule has 1 amide bonds. The third-order valence-electron chi connectivity index (χ3n) is 5.08. The molecule has 0 aliphatic carbocycles. The molecule has 0 bridgehead atoms. The van der Waals surface area contributed by atoms with Gasteiger partial charge in [0.1, 0.15) is 10.7 Å². The van der Waals surface area contributed by atoms with Crippen LogP contribution >= 0.6 is 27.3 Å². The van der Waals surface area contributed by atoms with E-state index < -0.39 is 5.91 Å². The van der Waals surface area contributed by atoms with Crippen molar-refractivity contribution in [3.63, 3.8) is 0 Å². The monoisotopic (exact) mass is 529 g/mol. The Bertz CT molecular complexity index is 1530. The van der Waals surface area contributed by atoms with Crippen LogP contribution in [0.3, 0.4) is 0 Å². The van der Waals surface area contributed by atoms with Crippen molar-refractivity contribution in [1.29, 1.82) is 5.26 Å². The molecule has 4 rings (SSSR count). The first-order valence-corrected chi connectivity index (χ1v) is 12.2. The number of hydrogen-bond acceptors (Lipinski definition) is 4. The second kappa shape index (κ2) is 10.9. The van der Waals surface area contributed by atoms with Gasteiger partial charge in [-0.25, -0.2) is 0 Å². The molecular weight excluding hydrogens is 510 g/mol. The molecule has 0 saturated carbocycles. The molecule has 0 unspecified atom stereocenters. The van der Waals surface area contributed by atoms with E-state index in [4.69, 9.17) is 0 Å². The lowest BCUT2D eigenvalue weighted by Crippen LogP contribution is -2.34. The molecule has 0 aliphatic heterocycles. The number of amides is 1. The lowest BCUT2D eigenvalue weighted by molar-refractivity contribution is -0.115. The number of carbonyl (C=O) groups excluding carboxylic acids is 1. The van der Waals surface area contributed by atoms with Crippen molar-refractivity contribution in [2.24, 2.45) is 0 Å². The summed E-state index contributed by atoms with van der Waals surface area (Å²) in [6.45, 7) is 0.381. The van der Waals surface area contributed by atoms with Gasteiger partial charge in [-0.1, -0.05) is 76.6 Å². The molecule has 34 heavy (non-hydrogen) atoms. The first-order chi connectivity index (χ1) is 16.6. The summed E-state index contributed by atoms with van der Waals surface area (Å²) in [6.07, 6.45) is 2.41. The van der Waals surface area contributed by atoms with Crippen molar-refractivity contribution in [2.75, 3.05) is 6.54 Å². The van der Waals surface area contributed by atoms with Crippen LogP contribution in [0.5, 0.6) is 0 Å². The van der Waals surface area contributed by atoms with Gasteiger partial charge in [0, 0.05) is 11.0 Å². The van der Waals surface area contributed by atoms with Gasteiger partial charge in [0.15, 0.2) is 5.57 Å². The fraction of sp³-hybridized carbons (Fsp3) is 0.0741. The Morgan fingerprint density at radius 2 is 1.74 bits per heavy atom. The number of thiazole rings is 1. The number of carbonyl (C=O) groups is 1. The van der Waals surface area contributed by atoms with Gasteiger partial charge in [0.05, 0.1) is 10.2 Å². The van der Waals surface area contributed by atoms with Crippen LogP contribution in [0.2, 0.25) is 0 Å². The van der Waals surface area contributed by atoms with E-state index in [9.17, 15) is 14.9 Å². The fourth-order valence-electron chi connectivity index (χ4n) is 3.46. The molecule has 4 aromatic rings. The molecule has 7 heteroatoms. The van der Waals surface area contributed by atoms with E-state index in [0.717, 1.165) is 26.9 Å². The lowest BCUT2D eigenvalue weighted by Gasteiger charge is -2.06. The highest BCUT2D eigenvalue weighted by molar-refractivity contribution is 9.10. The maximum atomic E-state index is 13.4. The molecule has 168 valence electrons. The Kier molecular flexibility index (Phi) is 7.53. The minimum absolute atomic E-state index is 0.0899. The molecule has 1 heterocycles. The second-order valence-corrected chi connectivity index (χ2v) is 9.37. The molecule has 3 aromatic carbocycles. The van der Waals surface area contributed by atoms with E-state index in [1.165, 1.54) is 4.57 Å². The summed E-state index contributed by atoms with van der Waals surface area (Å²) in [6, 6.07) is 28.4. The average Bonchev–Trinajstić information content (AvgIpc) is 3.16. The van der Waals surface area contributed by atoms with Crippen molar-refractivity contribution in [2.45, 2.75) is 6.42 Å². The average molecular weight is 530 g/mol. The van der Waals surface area contributed by atoms with Gasteiger partial charge >= 0.3 is 0 Å². The third kappa shape index (κ3) is 5.42. The SMILES string of the molecule is N#CC(C(=O)NCCc1ccccc1)=c1sc(=Cc2cccc(Br)c2)c(=O)n1-c1ccccc1. The molecule has 0 radical (unpaired) electrons. The summed E-state index contributed by atoms with van der Waals surface area (Å²) in [5, 5.41) is 12.7. The van der Waals surface area contributed by atoms with Gasteiger partial charge < -0.3 is 5.32 Å². The highest BCUT2D eigenvalue weighted by atomic mass is 79.9. The first-order valence-electron chi connectivity index (χ1n) is 10.6. The van der Waals surface area contributed by atoms with Crippen LogP contribution in [0.4, 0.5) is 0 Å². The number of benzene rings is 3. The van der Waals surface area contributed by atoms with Crippen LogP contribution in [0.1, 0.15) is 11.1 Å². The summed E-state index contributed by atoms with van der Waals surface area (Å²) in [4.78, 5) is 26.4. The lowest BCUT2D eigenvalue weighted by atomic mass is 10.1. The number of halogens is 1. The molecule has 0 saturated heterocycles. The van der Waals surface area contributed by atoms with E-state index in [1.54, 1.807) is 18.2 Å². The summed E-state index contributed by atoms with van der Waals surface area (Å²) >= 11 is 4.58. The maximum Gasteiger partial charge on any atom is 0.273 e. The van der Waals surface area contributed by atoms with Crippen LogP contribution in [0.15, 0.2) is 94.2 Å². The van der Waals surface area contributed by atoms with Gasteiger partial charge in [-0.3, -0.25) is 14.2 Å². The topological polar surface area (TPSA) is 74.9 Å². The van der Waals surface area contributed by atoms with Crippen LogP contribution in [0, 0.1) is 11.3 Å². The molecule has 5 nitrogen and oxygen atoms in total. The number of nitrogens with zero attached hydrogens (tertiary/aromatic N) is 2. The number of hydrogen-bond donors (Lipinski definition) is 1. The minimum atomic E-state index is -0.502. The molecule has 1 N–H and O–H groups in total. The van der Waals surface area contributed by atoms with Gasteiger partial charge in [0.25, 0.3) is 11.5 Å². The minimum Gasteiger partial charge on any atom is -0.351 e. The predicted molar refractivity (Wildman–Crippen MR) is 139 cm³/mol. The Balaban J connectivity index is 1.80. The smallest absolute Gasteiger partial charge is 0.273 e. The maximum absolute atomic E-state index is 13.4. The summed E-state index contributed by atoms with van der Waals surface area (Å²) in [7, 11) is 0. The molecule has 0 fully saturated rings. The van der Waals surface area contributed by atoms with E-state index in [0.29, 0.717) is 27.8 Å². The van der Waals surface area contributed by atoms with Crippen molar-refractivity contribution < 1.29 is 4.79 Å². The second-order valence-electron chi connectivity index (χ2n) is 7.43. The van der Waals surface area contributed by atoms with Gasteiger partial charge in [-0.15, -0.1) is 11.3 Å². The predicted octanol–water partition coefficient (Wildman–Crippen LogP) is 3.52. The van der Waals surface area contributed by atoms with Crippen molar-refractivity contribution in [3.05, 3.63) is 120 Å². The highest BCUT2D eigenvalue weighted by Crippen LogP contribution is 2.12. The van der Waals surface area contributed by atoms with Crippen molar-refractivity contribution in [1.82, 2.24) is 9.88 Å². The number of aromatic nitrogens is 1. The Hall–Kier alpha value is -3.73. The van der Waals surface area contributed by atoms with Gasteiger partial charge in [-0.05, 0) is 47.9 Å². The standard InChI is InChI=1S/C27H20BrN3O2S/c28-21-11-7-10-20(16-21)17-24-26(33)31(22-12-5-2-6-13-22)27(34-24)23(18-29)25(32)30-15-14-19-8-3-1-4-9-19/h1-13,16-17H,14-15H2,(H,30,32). The Morgan fingerprint density at radius 3 is 2.41 bits per heavy atom. The van der Waals surface area contributed by atoms with Crippen LogP contribution < -0.4 is 20.1 Å². The molecule has 0 spiro atoms. The van der Waals surface area contributed by atoms with Crippen molar-refractivity contribution >= 4 is 44.8 Å². The summed E-state index contributed by atoms with van der Waals surface area (Å²) in [5.74, 6) is -0.502. The normalized spacial score (nSPS) is 12.2. The summed E-state index contributed by atoms with van der Waals surface area (Å²) in [5.41, 5.74) is 2.15. The van der Waals surface area contributed by atoms with E-state index in [-0.39, 0.29) is 11.1 Å². The zero-order valence-electron chi connectivity index (χ0n) is 18.1. The Labute approximate surface area is 209 Å². The quantitative estimate of drug-likeness (QED) is 0.415. The van der Waals surface area contributed by atoms with E-state index in [1.807, 2.05) is 78.9 Å². The first kappa shape index (κ1) is 23.4. The Morgan fingerprint density at radius 1 is 1.03 bits per heavy atom. The third-order valence-corrected chi connectivity index (χ3v) is 6.66. The van der Waals surface area contributed by atoms with E-state index >= 15 is 0 Å². The number of para-hydroxylation sites is 1. The number of nitriles is 1. The van der Waals surface area contributed by atoms with Crippen molar-refractivity contribution in [3.8, 4) is 11.8 Å². The molecule has 1 aromatic heterocycles. The van der Waals surface area contributed by atoms with Crippen LogP contribution in [-0.2, 0) is 11.2 Å².